The average Bonchev–Trinajstić information content (AvgIpc) is 2.85. The van der Waals surface area contributed by atoms with Gasteiger partial charge >= 0.3 is 0 Å². The third-order valence-corrected chi connectivity index (χ3v) is 5.55. The molecule has 0 amide bonds. The summed E-state index contributed by atoms with van der Waals surface area (Å²) in [6.45, 7) is 5.65. The fraction of sp³-hybridized carbons (Fsp3) is 0.500. The van der Waals surface area contributed by atoms with E-state index in [1.54, 1.807) is 7.05 Å². The zero-order valence-corrected chi connectivity index (χ0v) is 22.0. The number of guanidine groups is 1. The molecule has 2 aromatic carbocycles. The zero-order valence-electron chi connectivity index (χ0n) is 19.6. The first-order valence-corrected chi connectivity index (χ1v) is 11.7. The molecule has 1 aliphatic heterocycles. The Morgan fingerprint density at radius 1 is 0.970 bits per heavy atom. The molecule has 0 aromatic heterocycles. The van der Waals surface area contributed by atoms with Gasteiger partial charge in [0.1, 0.15) is 12.4 Å². The Labute approximate surface area is 215 Å². The van der Waals surface area contributed by atoms with E-state index < -0.39 is 0 Å². The lowest BCUT2D eigenvalue weighted by Gasteiger charge is -2.21. The van der Waals surface area contributed by atoms with E-state index in [4.69, 9.17) is 14.2 Å². The van der Waals surface area contributed by atoms with E-state index in [-0.39, 0.29) is 24.0 Å². The van der Waals surface area contributed by atoms with Crippen LogP contribution in [0.15, 0.2) is 59.6 Å². The van der Waals surface area contributed by atoms with Gasteiger partial charge in [-0.1, -0.05) is 42.5 Å². The number of hydrogen-bond acceptors (Lipinski definition) is 4. The Hall–Kier alpha value is -1.84. The largest absolute Gasteiger partial charge is 0.489 e. The van der Waals surface area contributed by atoms with Gasteiger partial charge in [-0.3, -0.25) is 4.99 Å². The molecule has 33 heavy (non-hydrogen) atoms. The predicted octanol–water partition coefficient (Wildman–Crippen LogP) is 4.42. The molecule has 0 unspecified atom stereocenters. The number of aliphatic imine (C=N–C) groups is 1. The molecule has 6 nitrogen and oxygen atoms in total. The highest BCUT2D eigenvalue weighted by Gasteiger charge is 2.13. The highest BCUT2D eigenvalue weighted by atomic mass is 127. The Bertz CT molecular complexity index is 781. The standard InChI is InChI=1S/C26H37N3O3.HI/c1-27-26(28-15-5-17-31-20-24-13-18-30-19-14-24)29-16-12-22-8-10-25(11-9-22)32-21-23-6-3-2-4-7-23;/h2-4,6-11,24H,5,12-21H2,1H3,(H2,27,28,29);1H. The molecule has 2 N–H and O–H groups in total. The lowest BCUT2D eigenvalue weighted by atomic mass is 10.0. The number of halogens is 1. The second-order valence-electron chi connectivity index (χ2n) is 8.08. The van der Waals surface area contributed by atoms with Crippen molar-refractivity contribution in [3.05, 3.63) is 65.7 Å². The number of nitrogens with zero attached hydrogens (tertiary/aromatic N) is 1. The molecule has 1 fully saturated rings. The van der Waals surface area contributed by atoms with Crippen LogP contribution in [0, 0.1) is 5.92 Å². The van der Waals surface area contributed by atoms with E-state index in [0.717, 1.165) is 76.9 Å². The summed E-state index contributed by atoms with van der Waals surface area (Å²) in [6.07, 6.45) is 4.14. The third kappa shape index (κ3) is 11.2. The van der Waals surface area contributed by atoms with E-state index in [9.17, 15) is 0 Å². The first-order chi connectivity index (χ1) is 15.8. The summed E-state index contributed by atoms with van der Waals surface area (Å²) in [7, 11) is 1.80. The quantitative estimate of drug-likeness (QED) is 0.172. The SMILES string of the molecule is CN=C(NCCCOCC1CCOCC1)NCCc1ccc(OCc2ccccc2)cc1.I. The van der Waals surface area contributed by atoms with E-state index in [1.807, 2.05) is 30.3 Å². The molecular formula is C26H38IN3O3. The van der Waals surface area contributed by atoms with E-state index in [1.165, 1.54) is 11.1 Å². The number of ether oxygens (including phenoxy) is 3. The van der Waals surface area contributed by atoms with Gasteiger partial charge in [0.2, 0.25) is 0 Å². The molecule has 0 saturated carbocycles. The normalized spacial score (nSPS) is 14.4. The Balaban J connectivity index is 0.00000385. The molecule has 0 bridgehead atoms. The maximum atomic E-state index is 5.85. The summed E-state index contributed by atoms with van der Waals surface area (Å²) >= 11 is 0. The first-order valence-electron chi connectivity index (χ1n) is 11.7. The van der Waals surface area contributed by atoms with Gasteiger partial charge < -0.3 is 24.8 Å². The summed E-state index contributed by atoms with van der Waals surface area (Å²) in [6, 6.07) is 18.5. The number of hydrogen-bond donors (Lipinski definition) is 2. The number of rotatable bonds is 12. The smallest absolute Gasteiger partial charge is 0.190 e. The second-order valence-corrected chi connectivity index (χ2v) is 8.08. The third-order valence-electron chi connectivity index (χ3n) is 5.55. The van der Waals surface area contributed by atoms with Crippen LogP contribution in [0.1, 0.15) is 30.4 Å². The molecule has 3 rings (SSSR count). The van der Waals surface area contributed by atoms with Gasteiger partial charge in [-0.05, 0) is 54.9 Å². The van der Waals surface area contributed by atoms with Crippen molar-refractivity contribution < 1.29 is 14.2 Å². The second kappa shape index (κ2) is 16.7. The number of benzene rings is 2. The monoisotopic (exact) mass is 567 g/mol. The van der Waals surface area contributed by atoms with Gasteiger partial charge in [-0.15, -0.1) is 24.0 Å². The maximum absolute atomic E-state index is 5.85. The van der Waals surface area contributed by atoms with Gasteiger partial charge in [0, 0.05) is 46.6 Å². The van der Waals surface area contributed by atoms with Crippen LogP contribution in [0.4, 0.5) is 0 Å². The van der Waals surface area contributed by atoms with Crippen molar-refractivity contribution >= 4 is 29.9 Å². The van der Waals surface area contributed by atoms with E-state index in [2.05, 4.69) is 39.9 Å². The van der Waals surface area contributed by atoms with Crippen LogP contribution in [0.3, 0.4) is 0 Å². The van der Waals surface area contributed by atoms with Gasteiger partial charge in [0.25, 0.3) is 0 Å². The molecule has 0 spiro atoms. The van der Waals surface area contributed by atoms with Crippen LogP contribution in [-0.4, -0.2) is 52.5 Å². The van der Waals surface area contributed by atoms with E-state index in [0.29, 0.717) is 12.5 Å². The van der Waals surface area contributed by atoms with Crippen LogP contribution in [0.2, 0.25) is 0 Å². The molecule has 1 aliphatic rings. The highest BCUT2D eigenvalue weighted by molar-refractivity contribution is 14.0. The molecule has 0 atom stereocenters. The molecule has 2 aromatic rings. The summed E-state index contributed by atoms with van der Waals surface area (Å²) < 4.78 is 17.0. The van der Waals surface area contributed by atoms with Crippen molar-refractivity contribution in [2.45, 2.75) is 32.3 Å². The molecule has 7 heteroatoms. The minimum atomic E-state index is 0. The lowest BCUT2D eigenvalue weighted by molar-refractivity contribution is 0.0203. The van der Waals surface area contributed by atoms with Crippen molar-refractivity contribution in [1.82, 2.24) is 10.6 Å². The zero-order chi connectivity index (χ0) is 22.3. The molecule has 1 saturated heterocycles. The van der Waals surface area contributed by atoms with E-state index >= 15 is 0 Å². The molecule has 0 aliphatic carbocycles. The summed E-state index contributed by atoms with van der Waals surface area (Å²) in [5.41, 5.74) is 2.44. The Kier molecular flexibility index (Phi) is 13.9. The van der Waals surface area contributed by atoms with Gasteiger partial charge in [0.15, 0.2) is 5.96 Å². The van der Waals surface area contributed by atoms with Crippen molar-refractivity contribution in [3.63, 3.8) is 0 Å². The summed E-state index contributed by atoms with van der Waals surface area (Å²) in [4.78, 5) is 4.30. The molecular weight excluding hydrogens is 529 g/mol. The molecule has 182 valence electrons. The predicted molar refractivity (Wildman–Crippen MR) is 145 cm³/mol. The molecule has 0 radical (unpaired) electrons. The number of nitrogens with one attached hydrogen (secondary N) is 2. The topological polar surface area (TPSA) is 64.1 Å². The molecule has 1 heterocycles. The van der Waals surface area contributed by atoms with Crippen LogP contribution >= 0.6 is 24.0 Å². The van der Waals surface area contributed by atoms with Crippen molar-refractivity contribution in [2.24, 2.45) is 10.9 Å². The minimum absolute atomic E-state index is 0. The Morgan fingerprint density at radius 3 is 2.42 bits per heavy atom. The minimum Gasteiger partial charge on any atom is -0.489 e. The van der Waals surface area contributed by atoms with Crippen LogP contribution < -0.4 is 15.4 Å². The fourth-order valence-corrected chi connectivity index (χ4v) is 3.58. The first kappa shape index (κ1) is 27.4. The van der Waals surface area contributed by atoms with Gasteiger partial charge in [-0.2, -0.15) is 0 Å². The van der Waals surface area contributed by atoms with Crippen molar-refractivity contribution in [3.8, 4) is 5.75 Å². The van der Waals surface area contributed by atoms with Crippen LogP contribution in [0.25, 0.3) is 0 Å². The maximum Gasteiger partial charge on any atom is 0.190 e. The van der Waals surface area contributed by atoms with Crippen molar-refractivity contribution in [2.75, 3.05) is 46.6 Å². The summed E-state index contributed by atoms with van der Waals surface area (Å²) in [5.74, 6) is 2.38. The van der Waals surface area contributed by atoms with Crippen LogP contribution in [0.5, 0.6) is 5.75 Å². The van der Waals surface area contributed by atoms with Crippen LogP contribution in [-0.2, 0) is 22.5 Å². The van der Waals surface area contributed by atoms with Gasteiger partial charge in [0.05, 0.1) is 0 Å². The van der Waals surface area contributed by atoms with Crippen molar-refractivity contribution in [1.29, 1.82) is 0 Å². The lowest BCUT2D eigenvalue weighted by Crippen LogP contribution is -2.39. The Morgan fingerprint density at radius 2 is 1.70 bits per heavy atom. The average molecular weight is 568 g/mol. The highest BCUT2D eigenvalue weighted by Crippen LogP contribution is 2.15. The van der Waals surface area contributed by atoms with Gasteiger partial charge in [-0.25, -0.2) is 0 Å². The summed E-state index contributed by atoms with van der Waals surface area (Å²) in [5, 5.41) is 6.73. The fourth-order valence-electron chi connectivity index (χ4n) is 3.58.